The van der Waals surface area contributed by atoms with Crippen LogP contribution in [-0.2, 0) is 10.2 Å². The van der Waals surface area contributed by atoms with Gasteiger partial charge < -0.3 is 5.11 Å². The zero-order chi connectivity index (χ0) is 10.9. The molecule has 1 heterocycles. The van der Waals surface area contributed by atoms with Crippen molar-refractivity contribution in [3.8, 4) is 0 Å². The number of aldehydes is 1. The van der Waals surface area contributed by atoms with E-state index in [0.29, 0.717) is 30.4 Å². The van der Waals surface area contributed by atoms with Crippen LogP contribution in [0.3, 0.4) is 0 Å². The molecule has 0 aromatic carbocycles. The standard InChI is InChI=1S/C11H11NO3/c13-7-8-2-5-12-9(6-8)11(10(14)15)3-1-4-11/h2,5-7H,1,3-4H2,(H,14,15). The van der Waals surface area contributed by atoms with Crippen molar-refractivity contribution in [2.24, 2.45) is 0 Å². The van der Waals surface area contributed by atoms with Gasteiger partial charge in [0.15, 0.2) is 0 Å². The average Bonchev–Trinajstić information content (AvgIpc) is 2.16. The van der Waals surface area contributed by atoms with Gasteiger partial charge in [0, 0.05) is 11.8 Å². The second kappa shape index (κ2) is 3.46. The second-order valence-corrected chi connectivity index (χ2v) is 3.83. The van der Waals surface area contributed by atoms with Crippen LogP contribution in [0, 0.1) is 0 Å². The lowest BCUT2D eigenvalue weighted by Crippen LogP contribution is -2.43. The quantitative estimate of drug-likeness (QED) is 0.757. The molecule has 2 rings (SSSR count). The molecule has 0 aliphatic heterocycles. The van der Waals surface area contributed by atoms with Gasteiger partial charge in [-0.3, -0.25) is 14.6 Å². The second-order valence-electron chi connectivity index (χ2n) is 3.83. The number of rotatable bonds is 3. The SMILES string of the molecule is O=Cc1ccnc(C2(C(=O)O)CCC2)c1. The Morgan fingerprint density at radius 1 is 1.53 bits per heavy atom. The maximum atomic E-state index is 11.2. The van der Waals surface area contributed by atoms with Gasteiger partial charge in [-0.1, -0.05) is 6.42 Å². The van der Waals surface area contributed by atoms with Gasteiger partial charge in [0.05, 0.1) is 5.69 Å². The molecule has 78 valence electrons. The molecule has 0 amide bonds. The van der Waals surface area contributed by atoms with Gasteiger partial charge in [-0.25, -0.2) is 0 Å². The number of aromatic nitrogens is 1. The molecular formula is C11H11NO3. The molecule has 0 radical (unpaired) electrons. The van der Waals surface area contributed by atoms with Crippen LogP contribution in [0.15, 0.2) is 18.3 Å². The van der Waals surface area contributed by atoms with Crippen LogP contribution < -0.4 is 0 Å². The summed E-state index contributed by atoms with van der Waals surface area (Å²) in [4.78, 5) is 25.8. The van der Waals surface area contributed by atoms with Crippen LogP contribution >= 0.6 is 0 Å². The van der Waals surface area contributed by atoms with Gasteiger partial charge >= 0.3 is 5.97 Å². The van der Waals surface area contributed by atoms with Crippen molar-refractivity contribution in [2.75, 3.05) is 0 Å². The molecule has 0 unspecified atom stereocenters. The largest absolute Gasteiger partial charge is 0.481 e. The van der Waals surface area contributed by atoms with E-state index in [1.54, 1.807) is 12.1 Å². The van der Waals surface area contributed by atoms with Crippen molar-refractivity contribution < 1.29 is 14.7 Å². The number of carbonyl (C=O) groups excluding carboxylic acids is 1. The Bertz CT molecular complexity index is 410. The van der Waals surface area contributed by atoms with E-state index in [4.69, 9.17) is 0 Å². The van der Waals surface area contributed by atoms with Crippen LogP contribution in [-0.4, -0.2) is 22.3 Å². The monoisotopic (exact) mass is 205 g/mol. The van der Waals surface area contributed by atoms with Crippen LogP contribution in [0.2, 0.25) is 0 Å². The fourth-order valence-electron chi connectivity index (χ4n) is 1.89. The van der Waals surface area contributed by atoms with Gasteiger partial charge in [-0.05, 0) is 25.0 Å². The number of nitrogens with zero attached hydrogens (tertiary/aromatic N) is 1. The highest BCUT2D eigenvalue weighted by Gasteiger charge is 2.47. The van der Waals surface area contributed by atoms with Crippen molar-refractivity contribution in [1.82, 2.24) is 4.98 Å². The molecule has 1 aliphatic carbocycles. The highest BCUT2D eigenvalue weighted by Crippen LogP contribution is 2.43. The van der Waals surface area contributed by atoms with Crippen molar-refractivity contribution in [2.45, 2.75) is 24.7 Å². The first-order chi connectivity index (χ1) is 7.19. The van der Waals surface area contributed by atoms with Crippen LogP contribution in [0.5, 0.6) is 0 Å². The fourth-order valence-corrected chi connectivity index (χ4v) is 1.89. The van der Waals surface area contributed by atoms with E-state index < -0.39 is 11.4 Å². The first-order valence-corrected chi connectivity index (χ1v) is 4.84. The molecule has 15 heavy (non-hydrogen) atoms. The highest BCUT2D eigenvalue weighted by atomic mass is 16.4. The number of carboxylic acid groups (broad SMARTS) is 1. The number of hydrogen-bond acceptors (Lipinski definition) is 3. The van der Waals surface area contributed by atoms with E-state index in [1.165, 1.54) is 6.20 Å². The zero-order valence-corrected chi connectivity index (χ0v) is 8.14. The molecule has 0 atom stereocenters. The van der Waals surface area contributed by atoms with E-state index >= 15 is 0 Å². The Labute approximate surface area is 87.0 Å². The molecule has 1 aromatic rings. The first kappa shape index (κ1) is 9.83. The van der Waals surface area contributed by atoms with E-state index in [-0.39, 0.29) is 0 Å². The summed E-state index contributed by atoms with van der Waals surface area (Å²) in [5, 5.41) is 9.17. The third-order valence-corrected chi connectivity index (χ3v) is 3.03. The van der Waals surface area contributed by atoms with Crippen LogP contribution in [0.25, 0.3) is 0 Å². The zero-order valence-electron chi connectivity index (χ0n) is 8.14. The molecule has 4 nitrogen and oxygen atoms in total. The molecule has 0 saturated heterocycles. The number of carbonyl (C=O) groups is 2. The predicted octanol–water partition coefficient (Wildman–Crippen LogP) is 1.40. The van der Waals surface area contributed by atoms with Crippen LogP contribution in [0.1, 0.15) is 35.3 Å². The summed E-state index contributed by atoms with van der Waals surface area (Å²) in [5.74, 6) is -0.843. The maximum Gasteiger partial charge on any atom is 0.315 e. The number of hydrogen-bond donors (Lipinski definition) is 1. The minimum atomic E-state index is -0.848. The minimum absolute atomic E-state index is 0.479. The van der Waals surface area contributed by atoms with Gasteiger partial charge in [-0.15, -0.1) is 0 Å². The van der Waals surface area contributed by atoms with Gasteiger partial charge in [-0.2, -0.15) is 0 Å². The molecule has 1 fully saturated rings. The van der Waals surface area contributed by atoms with E-state index in [1.807, 2.05) is 0 Å². The number of carboxylic acids is 1. The van der Waals surface area contributed by atoms with Gasteiger partial charge in [0.1, 0.15) is 11.7 Å². The Hall–Kier alpha value is -1.71. The molecule has 1 N–H and O–H groups in total. The molecule has 0 spiro atoms. The topological polar surface area (TPSA) is 67.3 Å². The van der Waals surface area contributed by atoms with E-state index in [0.717, 1.165) is 6.42 Å². The Kier molecular flexibility index (Phi) is 2.26. The number of aliphatic carboxylic acids is 1. The summed E-state index contributed by atoms with van der Waals surface area (Å²) < 4.78 is 0. The molecule has 1 aliphatic rings. The summed E-state index contributed by atoms with van der Waals surface area (Å²) in [5.41, 5.74) is 0.136. The lowest BCUT2D eigenvalue weighted by molar-refractivity contribution is -0.147. The lowest BCUT2D eigenvalue weighted by Gasteiger charge is -2.36. The van der Waals surface area contributed by atoms with Gasteiger partial charge in [0.2, 0.25) is 0 Å². The Morgan fingerprint density at radius 2 is 2.27 bits per heavy atom. The van der Waals surface area contributed by atoms with Gasteiger partial charge in [0.25, 0.3) is 0 Å². The smallest absolute Gasteiger partial charge is 0.315 e. The molecule has 1 aromatic heterocycles. The maximum absolute atomic E-state index is 11.2. The average molecular weight is 205 g/mol. The third-order valence-electron chi connectivity index (χ3n) is 3.03. The summed E-state index contributed by atoms with van der Waals surface area (Å²) >= 11 is 0. The van der Waals surface area contributed by atoms with Crippen LogP contribution in [0.4, 0.5) is 0 Å². The Balaban J connectivity index is 2.43. The third kappa shape index (κ3) is 1.42. The summed E-state index contributed by atoms with van der Waals surface area (Å²) in [6, 6.07) is 3.14. The van der Waals surface area contributed by atoms with Crippen molar-refractivity contribution in [1.29, 1.82) is 0 Å². The first-order valence-electron chi connectivity index (χ1n) is 4.84. The van der Waals surface area contributed by atoms with E-state index in [2.05, 4.69) is 4.98 Å². The summed E-state index contributed by atoms with van der Waals surface area (Å²) in [7, 11) is 0. The molecule has 1 saturated carbocycles. The number of pyridine rings is 1. The molecule has 0 bridgehead atoms. The lowest BCUT2D eigenvalue weighted by atomic mass is 9.66. The van der Waals surface area contributed by atoms with Crippen molar-refractivity contribution in [3.05, 3.63) is 29.6 Å². The summed E-state index contributed by atoms with van der Waals surface area (Å²) in [6.45, 7) is 0. The van der Waals surface area contributed by atoms with Crippen molar-refractivity contribution >= 4 is 12.3 Å². The molecule has 4 heteroatoms. The normalized spacial score (nSPS) is 17.9. The fraction of sp³-hybridized carbons (Fsp3) is 0.364. The predicted molar refractivity (Wildman–Crippen MR) is 52.8 cm³/mol. The summed E-state index contributed by atoms with van der Waals surface area (Å²) in [6.07, 6.45) is 4.32. The Morgan fingerprint density at radius 3 is 2.73 bits per heavy atom. The molecular weight excluding hydrogens is 194 g/mol. The highest BCUT2D eigenvalue weighted by molar-refractivity contribution is 5.83. The minimum Gasteiger partial charge on any atom is -0.481 e. The van der Waals surface area contributed by atoms with Crippen molar-refractivity contribution in [3.63, 3.8) is 0 Å². The van der Waals surface area contributed by atoms with E-state index in [9.17, 15) is 14.7 Å².